The number of ether oxygens (including phenoxy) is 2. The summed E-state index contributed by atoms with van der Waals surface area (Å²) in [5.41, 5.74) is 1.41. The third-order valence-electron chi connectivity index (χ3n) is 3.98. The lowest BCUT2D eigenvalue weighted by Gasteiger charge is -2.16. The van der Waals surface area contributed by atoms with Crippen LogP contribution < -0.4 is 4.74 Å². The first-order valence-electron chi connectivity index (χ1n) is 8.82. The fourth-order valence-corrected chi connectivity index (χ4v) is 2.58. The van der Waals surface area contributed by atoms with E-state index in [-0.39, 0.29) is 24.7 Å². The third-order valence-corrected chi connectivity index (χ3v) is 3.98. The molecule has 0 N–H and O–H groups in total. The van der Waals surface area contributed by atoms with Crippen molar-refractivity contribution in [1.29, 1.82) is 0 Å². The first-order chi connectivity index (χ1) is 14.2. The maximum absolute atomic E-state index is 13.0. The van der Waals surface area contributed by atoms with Crippen molar-refractivity contribution in [1.82, 2.24) is 25.0 Å². The molecule has 0 aliphatic carbocycles. The van der Waals surface area contributed by atoms with Crippen molar-refractivity contribution in [3.63, 3.8) is 0 Å². The molecule has 0 fully saturated rings. The van der Waals surface area contributed by atoms with Crippen LogP contribution in [0.15, 0.2) is 24.5 Å². The molecule has 0 bridgehead atoms. The summed E-state index contributed by atoms with van der Waals surface area (Å²) in [6.45, 7) is 2.06. The van der Waals surface area contributed by atoms with Gasteiger partial charge < -0.3 is 9.47 Å². The molecule has 160 valence electrons. The molecule has 0 spiro atoms. The number of hydrogen-bond acceptors (Lipinski definition) is 7. The zero-order chi connectivity index (χ0) is 21.9. The molecule has 3 aromatic rings. The van der Waals surface area contributed by atoms with Crippen LogP contribution in [-0.4, -0.2) is 56.5 Å². The van der Waals surface area contributed by atoms with Crippen molar-refractivity contribution in [2.45, 2.75) is 32.7 Å². The van der Waals surface area contributed by atoms with E-state index in [0.29, 0.717) is 22.2 Å². The Kier molecular flexibility index (Phi) is 6.13. The molecular weight excluding hydrogens is 410 g/mol. The molecule has 0 radical (unpaired) electrons. The molecule has 3 heterocycles. The number of carbonyl (C=O) groups is 1. The van der Waals surface area contributed by atoms with Crippen LogP contribution in [0.4, 0.5) is 17.6 Å². The fourth-order valence-electron chi connectivity index (χ4n) is 2.58. The molecule has 0 aromatic carbocycles. The summed E-state index contributed by atoms with van der Waals surface area (Å²) in [5.74, 6) is -5.12. The number of rotatable bonds is 8. The largest absolute Gasteiger partial charge is 0.470 e. The average Bonchev–Trinajstić information content (AvgIpc) is 3.09. The standard InChI is InChI=1S/C18H17F4N5O3/c1-3-29-16(28)14-12-8-27(26-13(12)4-5-23-14)7-11-6-10(2)15(25-24-11)30-9-18(21,22)17(19)20/h4-6,8,17H,3,7,9H2,1-2H3. The predicted molar refractivity (Wildman–Crippen MR) is 95.8 cm³/mol. The number of halogens is 4. The van der Waals surface area contributed by atoms with Crippen molar-refractivity contribution >= 4 is 16.9 Å². The van der Waals surface area contributed by atoms with Gasteiger partial charge in [0.15, 0.2) is 12.3 Å². The van der Waals surface area contributed by atoms with Crippen molar-refractivity contribution in [2.75, 3.05) is 13.2 Å². The van der Waals surface area contributed by atoms with Gasteiger partial charge in [0.25, 0.3) is 0 Å². The quantitative estimate of drug-likeness (QED) is 0.403. The zero-order valence-corrected chi connectivity index (χ0v) is 16.0. The van der Waals surface area contributed by atoms with E-state index in [2.05, 4.69) is 20.3 Å². The zero-order valence-electron chi connectivity index (χ0n) is 16.0. The smallest absolute Gasteiger partial charge is 0.357 e. The van der Waals surface area contributed by atoms with Gasteiger partial charge in [0, 0.05) is 18.0 Å². The molecule has 3 rings (SSSR count). The van der Waals surface area contributed by atoms with E-state index < -0.39 is 24.9 Å². The molecule has 30 heavy (non-hydrogen) atoms. The van der Waals surface area contributed by atoms with Crippen molar-refractivity contribution in [3.8, 4) is 5.88 Å². The van der Waals surface area contributed by atoms with Gasteiger partial charge >= 0.3 is 18.3 Å². The van der Waals surface area contributed by atoms with Gasteiger partial charge in [0.05, 0.1) is 29.7 Å². The lowest BCUT2D eigenvalue weighted by atomic mass is 10.2. The van der Waals surface area contributed by atoms with Gasteiger partial charge in [-0.1, -0.05) is 0 Å². The van der Waals surface area contributed by atoms with Gasteiger partial charge in [-0.25, -0.2) is 18.6 Å². The van der Waals surface area contributed by atoms with E-state index in [1.165, 1.54) is 23.9 Å². The molecule has 0 aliphatic heterocycles. The van der Waals surface area contributed by atoms with Crippen molar-refractivity contribution < 1.29 is 31.8 Å². The molecule has 0 amide bonds. The Hall–Kier alpha value is -3.31. The number of alkyl halides is 4. The van der Waals surface area contributed by atoms with Crippen LogP contribution in [0.25, 0.3) is 10.9 Å². The Morgan fingerprint density at radius 2 is 2.07 bits per heavy atom. The minimum atomic E-state index is -4.29. The molecule has 8 nitrogen and oxygen atoms in total. The van der Waals surface area contributed by atoms with Crippen LogP contribution in [-0.2, 0) is 11.3 Å². The second kappa shape index (κ2) is 8.59. The second-order valence-corrected chi connectivity index (χ2v) is 6.31. The molecule has 0 saturated heterocycles. The Balaban J connectivity index is 1.77. The first kappa shape index (κ1) is 21.4. The molecule has 0 unspecified atom stereocenters. The average molecular weight is 427 g/mol. The summed E-state index contributed by atoms with van der Waals surface area (Å²) in [7, 11) is 0. The van der Waals surface area contributed by atoms with Gasteiger partial charge in [-0.05, 0) is 26.0 Å². The van der Waals surface area contributed by atoms with E-state index in [9.17, 15) is 22.4 Å². The van der Waals surface area contributed by atoms with Crippen molar-refractivity contribution in [3.05, 3.63) is 41.5 Å². The van der Waals surface area contributed by atoms with E-state index in [1.54, 1.807) is 19.2 Å². The molecule has 0 saturated carbocycles. The van der Waals surface area contributed by atoms with Crippen LogP contribution in [0, 0.1) is 6.92 Å². The van der Waals surface area contributed by atoms with Crippen molar-refractivity contribution in [2.24, 2.45) is 0 Å². The topological polar surface area (TPSA) is 92.0 Å². The molecule has 0 aliphatic rings. The molecular formula is C18H17F4N5O3. The number of aryl methyl sites for hydroxylation is 1. The van der Waals surface area contributed by atoms with Crippen LogP contribution in [0.2, 0.25) is 0 Å². The van der Waals surface area contributed by atoms with E-state index in [0.717, 1.165) is 0 Å². The highest BCUT2D eigenvalue weighted by molar-refractivity contribution is 6.01. The number of nitrogens with zero attached hydrogens (tertiary/aromatic N) is 5. The first-order valence-corrected chi connectivity index (χ1v) is 8.82. The Morgan fingerprint density at radius 1 is 1.30 bits per heavy atom. The normalized spacial score (nSPS) is 11.8. The van der Waals surface area contributed by atoms with Gasteiger partial charge in [-0.2, -0.15) is 13.9 Å². The summed E-state index contributed by atoms with van der Waals surface area (Å²) in [4.78, 5) is 16.1. The van der Waals surface area contributed by atoms with Gasteiger partial charge in [0.2, 0.25) is 5.88 Å². The SMILES string of the molecule is CCOC(=O)c1nccc2nn(Cc3cc(C)c(OCC(F)(F)C(F)F)nn3)cc12. The van der Waals surface area contributed by atoms with Gasteiger partial charge in [0.1, 0.15) is 0 Å². The van der Waals surface area contributed by atoms with Crippen LogP contribution in [0.5, 0.6) is 5.88 Å². The Bertz CT molecular complexity index is 1060. The Morgan fingerprint density at radius 3 is 2.73 bits per heavy atom. The number of aromatic nitrogens is 5. The number of pyridine rings is 1. The number of fused-ring (bicyclic) bond motifs is 1. The maximum Gasteiger partial charge on any atom is 0.357 e. The predicted octanol–water partition coefficient (Wildman–Crippen LogP) is 3.03. The summed E-state index contributed by atoms with van der Waals surface area (Å²) in [6.07, 6.45) is -0.802. The van der Waals surface area contributed by atoms with E-state index >= 15 is 0 Å². The van der Waals surface area contributed by atoms with E-state index in [1.807, 2.05) is 0 Å². The monoisotopic (exact) mass is 427 g/mol. The summed E-state index contributed by atoms with van der Waals surface area (Å²) in [5, 5.41) is 12.4. The summed E-state index contributed by atoms with van der Waals surface area (Å²) >= 11 is 0. The molecule has 0 atom stereocenters. The highest BCUT2D eigenvalue weighted by Crippen LogP contribution is 2.25. The van der Waals surface area contributed by atoms with E-state index in [4.69, 9.17) is 9.47 Å². The number of esters is 1. The summed E-state index contributed by atoms with van der Waals surface area (Å²) < 4.78 is 61.6. The second-order valence-electron chi connectivity index (χ2n) is 6.31. The highest BCUT2D eigenvalue weighted by atomic mass is 19.3. The molecule has 3 aromatic heterocycles. The summed E-state index contributed by atoms with van der Waals surface area (Å²) in [6, 6.07) is 3.14. The Labute approximate surface area is 167 Å². The van der Waals surface area contributed by atoms with Crippen LogP contribution in [0.1, 0.15) is 28.7 Å². The minimum Gasteiger partial charge on any atom is -0.470 e. The number of carbonyl (C=O) groups excluding carboxylic acids is 1. The number of hydrogen-bond donors (Lipinski definition) is 0. The minimum absolute atomic E-state index is 0.131. The van der Waals surface area contributed by atoms with Gasteiger partial charge in [-0.15, -0.1) is 10.2 Å². The lowest BCUT2D eigenvalue weighted by Crippen LogP contribution is -2.34. The van der Waals surface area contributed by atoms with Crippen LogP contribution >= 0.6 is 0 Å². The van der Waals surface area contributed by atoms with Crippen LogP contribution in [0.3, 0.4) is 0 Å². The lowest BCUT2D eigenvalue weighted by molar-refractivity contribution is -0.148. The maximum atomic E-state index is 13.0. The molecule has 12 heteroatoms. The fraction of sp³-hybridized carbons (Fsp3) is 0.389. The van der Waals surface area contributed by atoms with Gasteiger partial charge in [-0.3, -0.25) is 4.68 Å². The highest BCUT2D eigenvalue weighted by Gasteiger charge is 2.42. The third kappa shape index (κ3) is 4.63.